The smallest absolute Gasteiger partial charge is 0.253 e. The number of hydrogen-bond donors (Lipinski definition) is 1. The maximum Gasteiger partial charge on any atom is 0.253 e. The SMILES string of the molecule is COCC1CCN(NS(=O)(=O)c2ccccc2)C1. The number of benzene rings is 1. The van der Waals surface area contributed by atoms with Crippen LogP contribution >= 0.6 is 0 Å². The Morgan fingerprint density at radius 1 is 1.39 bits per heavy atom. The van der Waals surface area contributed by atoms with Crippen LogP contribution in [0.15, 0.2) is 35.2 Å². The molecule has 0 amide bonds. The third kappa shape index (κ3) is 3.29. The van der Waals surface area contributed by atoms with Gasteiger partial charge in [-0.2, -0.15) is 0 Å². The molecule has 6 heteroatoms. The second-order valence-electron chi connectivity index (χ2n) is 4.46. The molecule has 1 heterocycles. The van der Waals surface area contributed by atoms with Crippen molar-refractivity contribution in [1.29, 1.82) is 0 Å². The van der Waals surface area contributed by atoms with E-state index in [0.717, 1.165) is 13.0 Å². The predicted octanol–water partition coefficient (Wildman–Crippen LogP) is 0.848. The topological polar surface area (TPSA) is 58.6 Å². The Kier molecular flexibility index (Phi) is 4.34. The summed E-state index contributed by atoms with van der Waals surface area (Å²) in [5.41, 5.74) is 0. The summed E-state index contributed by atoms with van der Waals surface area (Å²) in [6.45, 7) is 2.09. The summed E-state index contributed by atoms with van der Waals surface area (Å²) in [5, 5.41) is 1.74. The Hall–Kier alpha value is -0.950. The van der Waals surface area contributed by atoms with Gasteiger partial charge in [-0.05, 0) is 24.5 Å². The Balaban J connectivity index is 1.98. The minimum absolute atomic E-state index is 0.292. The zero-order valence-electron chi connectivity index (χ0n) is 10.4. The van der Waals surface area contributed by atoms with Gasteiger partial charge in [-0.1, -0.05) is 18.2 Å². The van der Waals surface area contributed by atoms with Crippen LogP contribution in [-0.4, -0.2) is 40.2 Å². The molecule has 1 aliphatic heterocycles. The highest BCUT2D eigenvalue weighted by atomic mass is 32.2. The maximum absolute atomic E-state index is 12.1. The number of rotatable bonds is 5. The summed E-state index contributed by atoms with van der Waals surface area (Å²) in [6.07, 6.45) is 0.950. The summed E-state index contributed by atoms with van der Waals surface area (Å²) in [7, 11) is -1.78. The molecule has 1 aromatic carbocycles. The molecule has 0 radical (unpaired) electrons. The molecule has 5 nitrogen and oxygen atoms in total. The average molecular weight is 270 g/mol. The lowest BCUT2D eigenvalue weighted by molar-refractivity contribution is 0.151. The Bertz CT molecular complexity index is 475. The molecule has 1 saturated heterocycles. The van der Waals surface area contributed by atoms with E-state index in [9.17, 15) is 8.42 Å². The summed E-state index contributed by atoms with van der Waals surface area (Å²) < 4.78 is 29.2. The average Bonchev–Trinajstić information content (AvgIpc) is 2.77. The lowest BCUT2D eigenvalue weighted by Gasteiger charge is -2.17. The fourth-order valence-electron chi connectivity index (χ4n) is 2.11. The number of hydrazine groups is 1. The molecule has 1 atom stereocenters. The van der Waals surface area contributed by atoms with Crippen LogP contribution in [0, 0.1) is 5.92 Å². The first-order valence-electron chi connectivity index (χ1n) is 5.93. The van der Waals surface area contributed by atoms with Gasteiger partial charge in [-0.3, -0.25) is 0 Å². The summed E-state index contributed by atoms with van der Waals surface area (Å²) >= 11 is 0. The van der Waals surface area contributed by atoms with Gasteiger partial charge < -0.3 is 4.74 Å². The zero-order valence-corrected chi connectivity index (χ0v) is 11.2. The number of nitrogens with one attached hydrogen (secondary N) is 1. The van der Waals surface area contributed by atoms with Gasteiger partial charge in [0.05, 0.1) is 11.5 Å². The van der Waals surface area contributed by atoms with Crippen LogP contribution < -0.4 is 4.83 Å². The molecule has 1 aliphatic rings. The van der Waals surface area contributed by atoms with Crippen molar-refractivity contribution < 1.29 is 13.2 Å². The van der Waals surface area contributed by atoms with Crippen molar-refractivity contribution in [2.75, 3.05) is 26.8 Å². The van der Waals surface area contributed by atoms with Crippen molar-refractivity contribution >= 4 is 10.0 Å². The van der Waals surface area contributed by atoms with Crippen molar-refractivity contribution in [1.82, 2.24) is 9.84 Å². The Morgan fingerprint density at radius 2 is 2.11 bits per heavy atom. The molecule has 0 saturated carbocycles. The molecule has 0 bridgehead atoms. The maximum atomic E-state index is 12.1. The first-order chi connectivity index (χ1) is 8.62. The number of hydrogen-bond acceptors (Lipinski definition) is 4. The van der Waals surface area contributed by atoms with Crippen molar-refractivity contribution in [3.63, 3.8) is 0 Å². The minimum Gasteiger partial charge on any atom is -0.384 e. The van der Waals surface area contributed by atoms with Gasteiger partial charge in [0, 0.05) is 20.2 Å². The second-order valence-corrected chi connectivity index (χ2v) is 6.12. The Morgan fingerprint density at radius 3 is 2.78 bits per heavy atom. The Labute approximate surface area is 108 Å². The van der Waals surface area contributed by atoms with Gasteiger partial charge in [-0.25, -0.2) is 13.4 Å². The lowest BCUT2D eigenvalue weighted by Crippen LogP contribution is -2.40. The highest BCUT2D eigenvalue weighted by molar-refractivity contribution is 7.89. The van der Waals surface area contributed by atoms with Crippen LogP contribution in [0.25, 0.3) is 0 Å². The molecule has 1 fully saturated rings. The van der Waals surface area contributed by atoms with Crippen LogP contribution in [0.2, 0.25) is 0 Å². The van der Waals surface area contributed by atoms with Gasteiger partial charge in [-0.15, -0.1) is 4.83 Å². The third-order valence-corrected chi connectivity index (χ3v) is 4.38. The summed E-state index contributed by atoms with van der Waals surface area (Å²) in [4.78, 5) is 2.90. The van der Waals surface area contributed by atoms with E-state index in [1.54, 1.807) is 42.5 Å². The van der Waals surface area contributed by atoms with E-state index in [-0.39, 0.29) is 0 Å². The largest absolute Gasteiger partial charge is 0.384 e. The minimum atomic E-state index is -3.45. The third-order valence-electron chi connectivity index (χ3n) is 2.99. The van der Waals surface area contributed by atoms with Crippen LogP contribution in [0.4, 0.5) is 0 Å². The zero-order chi connectivity index (χ0) is 13.0. The monoisotopic (exact) mass is 270 g/mol. The summed E-state index contributed by atoms with van der Waals surface area (Å²) in [5.74, 6) is 0.397. The first-order valence-corrected chi connectivity index (χ1v) is 7.41. The second kappa shape index (κ2) is 5.79. The molecular formula is C12H18N2O3S. The van der Waals surface area contributed by atoms with E-state index >= 15 is 0 Å². The highest BCUT2D eigenvalue weighted by Crippen LogP contribution is 2.16. The van der Waals surface area contributed by atoms with Gasteiger partial charge in [0.15, 0.2) is 0 Å². The molecule has 0 spiro atoms. The first kappa shape index (κ1) is 13.5. The quantitative estimate of drug-likeness (QED) is 0.861. The van der Waals surface area contributed by atoms with Crippen molar-refractivity contribution in [3.8, 4) is 0 Å². The fourth-order valence-corrected chi connectivity index (χ4v) is 3.24. The molecule has 1 N–H and O–H groups in total. The van der Waals surface area contributed by atoms with E-state index in [1.807, 2.05) is 0 Å². The molecule has 0 aromatic heterocycles. The van der Waals surface area contributed by atoms with E-state index < -0.39 is 10.0 Å². The van der Waals surface area contributed by atoms with Crippen LogP contribution in [-0.2, 0) is 14.8 Å². The van der Waals surface area contributed by atoms with Gasteiger partial charge >= 0.3 is 0 Å². The van der Waals surface area contributed by atoms with Crippen LogP contribution in [0.3, 0.4) is 0 Å². The van der Waals surface area contributed by atoms with E-state index in [0.29, 0.717) is 24.0 Å². The summed E-state index contributed by atoms with van der Waals surface area (Å²) in [6, 6.07) is 8.40. The van der Waals surface area contributed by atoms with Gasteiger partial charge in [0.25, 0.3) is 10.0 Å². The molecule has 1 aromatic rings. The van der Waals surface area contributed by atoms with Gasteiger partial charge in [0.2, 0.25) is 0 Å². The highest BCUT2D eigenvalue weighted by Gasteiger charge is 2.26. The molecular weight excluding hydrogens is 252 g/mol. The molecule has 100 valence electrons. The van der Waals surface area contributed by atoms with Crippen molar-refractivity contribution in [2.45, 2.75) is 11.3 Å². The predicted molar refractivity (Wildman–Crippen MR) is 68.3 cm³/mol. The van der Waals surface area contributed by atoms with Gasteiger partial charge in [0.1, 0.15) is 0 Å². The lowest BCUT2D eigenvalue weighted by atomic mass is 10.1. The van der Waals surface area contributed by atoms with Crippen LogP contribution in [0.1, 0.15) is 6.42 Å². The van der Waals surface area contributed by atoms with Crippen molar-refractivity contribution in [2.24, 2.45) is 5.92 Å². The van der Waals surface area contributed by atoms with Crippen LogP contribution in [0.5, 0.6) is 0 Å². The number of nitrogens with zero attached hydrogens (tertiary/aromatic N) is 1. The number of ether oxygens (including phenoxy) is 1. The fraction of sp³-hybridized carbons (Fsp3) is 0.500. The molecule has 0 aliphatic carbocycles. The molecule has 18 heavy (non-hydrogen) atoms. The van der Waals surface area contributed by atoms with Crippen molar-refractivity contribution in [3.05, 3.63) is 30.3 Å². The number of sulfonamides is 1. The standard InChI is InChI=1S/C12H18N2O3S/c1-17-10-11-7-8-14(9-11)13-18(15,16)12-5-3-2-4-6-12/h2-6,11,13H,7-10H2,1H3. The van der Waals surface area contributed by atoms with E-state index in [4.69, 9.17) is 4.74 Å². The van der Waals surface area contributed by atoms with E-state index in [2.05, 4.69) is 4.83 Å². The normalized spacial score (nSPS) is 21.3. The van der Waals surface area contributed by atoms with E-state index in [1.165, 1.54) is 0 Å². The molecule has 1 unspecified atom stereocenters. The number of methoxy groups -OCH3 is 1. The molecule has 2 rings (SSSR count).